The van der Waals surface area contributed by atoms with Crippen LogP contribution in [-0.2, 0) is 4.79 Å². The van der Waals surface area contributed by atoms with Crippen LogP contribution in [0.5, 0.6) is 0 Å². The van der Waals surface area contributed by atoms with Gasteiger partial charge in [-0.3, -0.25) is 4.79 Å². The molecule has 1 N–H and O–H groups in total. The molecule has 1 fully saturated rings. The van der Waals surface area contributed by atoms with Crippen molar-refractivity contribution >= 4 is 17.5 Å². The lowest BCUT2D eigenvalue weighted by Gasteiger charge is -2.31. The Hall–Kier alpha value is -2.50. The van der Waals surface area contributed by atoms with Crippen LogP contribution in [0.15, 0.2) is 36.7 Å². The van der Waals surface area contributed by atoms with E-state index in [1.165, 1.54) is 6.07 Å². The van der Waals surface area contributed by atoms with Crippen molar-refractivity contribution in [2.24, 2.45) is 5.92 Å². The summed E-state index contributed by atoms with van der Waals surface area (Å²) in [6.07, 6.45) is 5.04. The SMILES string of the molecule is Cc1ccc(F)c(NC(=O)C2CCCN(c3ncccn3)C2)c1. The number of hydrogen-bond donors (Lipinski definition) is 1. The van der Waals surface area contributed by atoms with Crippen LogP contribution >= 0.6 is 0 Å². The smallest absolute Gasteiger partial charge is 0.229 e. The van der Waals surface area contributed by atoms with Crippen molar-refractivity contribution < 1.29 is 9.18 Å². The van der Waals surface area contributed by atoms with E-state index in [0.29, 0.717) is 12.5 Å². The molecule has 0 saturated carbocycles. The molecule has 1 atom stereocenters. The monoisotopic (exact) mass is 314 g/mol. The second-order valence-electron chi connectivity index (χ2n) is 5.81. The summed E-state index contributed by atoms with van der Waals surface area (Å²) in [6, 6.07) is 6.46. The first-order valence-corrected chi connectivity index (χ1v) is 7.72. The Morgan fingerprint density at radius 2 is 2.13 bits per heavy atom. The minimum absolute atomic E-state index is 0.157. The Morgan fingerprint density at radius 1 is 1.35 bits per heavy atom. The van der Waals surface area contributed by atoms with Gasteiger partial charge in [0.15, 0.2) is 0 Å². The Kier molecular flexibility index (Phi) is 4.50. The number of nitrogens with zero attached hydrogens (tertiary/aromatic N) is 3. The minimum Gasteiger partial charge on any atom is -0.340 e. The number of aryl methyl sites for hydroxylation is 1. The molecule has 1 aromatic heterocycles. The van der Waals surface area contributed by atoms with Crippen molar-refractivity contribution in [3.05, 3.63) is 48.0 Å². The number of piperidine rings is 1. The average molecular weight is 314 g/mol. The van der Waals surface area contributed by atoms with Crippen molar-refractivity contribution in [2.45, 2.75) is 19.8 Å². The zero-order chi connectivity index (χ0) is 16.2. The molecule has 0 spiro atoms. The van der Waals surface area contributed by atoms with Gasteiger partial charge in [0, 0.05) is 25.5 Å². The van der Waals surface area contributed by atoms with Gasteiger partial charge in [0.1, 0.15) is 5.82 Å². The maximum absolute atomic E-state index is 13.8. The Labute approximate surface area is 134 Å². The van der Waals surface area contributed by atoms with Crippen LogP contribution in [0.25, 0.3) is 0 Å². The molecule has 1 aliphatic rings. The highest BCUT2D eigenvalue weighted by atomic mass is 19.1. The Balaban J connectivity index is 1.69. The molecule has 1 aliphatic heterocycles. The fraction of sp³-hybridized carbons (Fsp3) is 0.353. The van der Waals surface area contributed by atoms with Gasteiger partial charge in [-0.25, -0.2) is 14.4 Å². The molecule has 3 rings (SSSR count). The summed E-state index contributed by atoms with van der Waals surface area (Å²) in [6.45, 7) is 3.24. The molecule has 0 radical (unpaired) electrons. The number of carbonyl (C=O) groups is 1. The third-order valence-electron chi connectivity index (χ3n) is 4.01. The van der Waals surface area contributed by atoms with Crippen molar-refractivity contribution in [1.82, 2.24) is 9.97 Å². The molecule has 1 amide bonds. The standard InChI is InChI=1S/C17H19FN4O/c1-12-5-6-14(18)15(10-12)21-16(23)13-4-2-9-22(11-13)17-19-7-3-8-20-17/h3,5-8,10,13H,2,4,9,11H2,1H3,(H,21,23). The summed E-state index contributed by atoms with van der Waals surface area (Å²) in [5.74, 6) is -0.141. The van der Waals surface area contributed by atoms with Crippen LogP contribution in [0.1, 0.15) is 18.4 Å². The molecule has 1 saturated heterocycles. The minimum atomic E-state index is -0.414. The summed E-state index contributed by atoms with van der Waals surface area (Å²) in [4.78, 5) is 22.9. The number of hydrogen-bond acceptors (Lipinski definition) is 4. The van der Waals surface area contributed by atoms with E-state index in [1.807, 2.05) is 11.8 Å². The Bertz CT molecular complexity index is 692. The number of amides is 1. The molecular formula is C17H19FN4O. The van der Waals surface area contributed by atoms with E-state index in [4.69, 9.17) is 0 Å². The van der Waals surface area contributed by atoms with Crippen LogP contribution in [0.4, 0.5) is 16.0 Å². The molecule has 2 heterocycles. The maximum Gasteiger partial charge on any atom is 0.229 e. The van der Waals surface area contributed by atoms with Crippen molar-refractivity contribution in [3.8, 4) is 0 Å². The summed E-state index contributed by atoms with van der Waals surface area (Å²) in [5.41, 5.74) is 1.15. The third kappa shape index (κ3) is 3.64. The zero-order valence-corrected chi connectivity index (χ0v) is 13.0. The topological polar surface area (TPSA) is 58.1 Å². The van der Waals surface area contributed by atoms with Crippen LogP contribution in [0.3, 0.4) is 0 Å². The zero-order valence-electron chi connectivity index (χ0n) is 13.0. The van der Waals surface area contributed by atoms with E-state index >= 15 is 0 Å². The molecule has 23 heavy (non-hydrogen) atoms. The first-order chi connectivity index (χ1) is 11.1. The van der Waals surface area contributed by atoms with Crippen LogP contribution in [-0.4, -0.2) is 29.0 Å². The highest BCUT2D eigenvalue weighted by Crippen LogP contribution is 2.23. The lowest BCUT2D eigenvalue weighted by molar-refractivity contribution is -0.120. The van der Waals surface area contributed by atoms with E-state index in [-0.39, 0.29) is 17.5 Å². The van der Waals surface area contributed by atoms with Crippen LogP contribution in [0.2, 0.25) is 0 Å². The Morgan fingerprint density at radius 3 is 2.91 bits per heavy atom. The lowest BCUT2D eigenvalue weighted by atomic mass is 9.97. The molecule has 6 heteroatoms. The summed E-state index contributed by atoms with van der Waals surface area (Å²) < 4.78 is 13.8. The number of nitrogens with one attached hydrogen (secondary N) is 1. The number of benzene rings is 1. The number of anilines is 2. The quantitative estimate of drug-likeness (QED) is 0.946. The van der Waals surface area contributed by atoms with Gasteiger partial charge in [0.25, 0.3) is 0 Å². The van der Waals surface area contributed by atoms with Crippen molar-refractivity contribution in [2.75, 3.05) is 23.3 Å². The summed E-state index contributed by atoms with van der Waals surface area (Å²) in [5, 5.41) is 2.71. The number of halogens is 1. The van der Waals surface area contributed by atoms with Crippen molar-refractivity contribution in [3.63, 3.8) is 0 Å². The number of carbonyl (C=O) groups excluding carboxylic acids is 1. The molecule has 1 unspecified atom stereocenters. The van der Waals surface area contributed by atoms with Gasteiger partial charge in [-0.05, 0) is 43.5 Å². The van der Waals surface area contributed by atoms with Gasteiger partial charge in [0.2, 0.25) is 11.9 Å². The normalized spacial score (nSPS) is 17.8. The highest BCUT2D eigenvalue weighted by molar-refractivity contribution is 5.93. The first kappa shape index (κ1) is 15.4. The first-order valence-electron chi connectivity index (χ1n) is 7.72. The van der Waals surface area contributed by atoms with Gasteiger partial charge in [-0.2, -0.15) is 0 Å². The molecular weight excluding hydrogens is 295 g/mol. The summed E-state index contributed by atoms with van der Waals surface area (Å²) in [7, 11) is 0. The van der Waals surface area contributed by atoms with Crippen LogP contribution in [0, 0.1) is 18.7 Å². The third-order valence-corrected chi connectivity index (χ3v) is 4.01. The molecule has 2 aromatic rings. The van der Waals surface area contributed by atoms with Gasteiger partial charge >= 0.3 is 0 Å². The van der Waals surface area contributed by atoms with E-state index in [0.717, 1.165) is 24.9 Å². The van der Waals surface area contributed by atoms with E-state index in [2.05, 4.69) is 15.3 Å². The van der Waals surface area contributed by atoms with E-state index in [1.54, 1.807) is 30.6 Å². The van der Waals surface area contributed by atoms with Gasteiger partial charge in [0.05, 0.1) is 11.6 Å². The maximum atomic E-state index is 13.8. The van der Waals surface area contributed by atoms with Gasteiger partial charge in [-0.15, -0.1) is 0 Å². The molecule has 120 valence electrons. The fourth-order valence-corrected chi connectivity index (χ4v) is 2.80. The molecule has 1 aromatic carbocycles. The van der Waals surface area contributed by atoms with E-state index in [9.17, 15) is 9.18 Å². The fourth-order valence-electron chi connectivity index (χ4n) is 2.80. The molecule has 0 bridgehead atoms. The number of rotatable bonds is 3. The van der Waals surface area contributed by atoms with Gasteiger partial charge in [-0.1, -0.05) is 6.07 Å². The largest absolute Gasteiger partial charge is 0.340 e. The highest BCUT2D eigenvalue weighted by Gasteiger charge is 2.27. The lowest BCUT2D eigenvalue weighted by Crippen LogP contribution is -2.41. The predicted octanol–water partition coefficient (Wildman–Crippen LogP) is 2.78. The summed E-state index contributed by atoms with van der Waals surface area (Å²) >= 11 is 0. The van der Waals surface area contributed by atoms with Crippen molar-refractivity contribution in [1.29, 1.82) is 0 Å². The predicted molar refractivity (Wildman–Crippen MR) is 86.7 cm³/mol. The average Bonchev–Trinajstić information content (AvgIpc) is 2.59. The van der Waals surface area contributed by atoms with Gasteiger partial charge < -0.3 is 10.2 Å². The molecule has 0 aliphatic carbocycles. The molecule has 5 nitrogen and oxygen atoms in total. The van der Waals surface area contributed by atoms with E-state index < -0.39 is 5.82 Å². The number of aromatic nitrogens is 2. The second kappa shape index (κ2) is 6.73. The van der Waals surface area contributed by atoms with Crippen LogP contribution < -0.4 is 10.2 Å². The second-order valence-corrected chi connectivity index (χ2v) is 5.81.